The third-order valence-electron chi connectivity index (χ3n) is 4.56. The molecule has 4 N–H and O–H groups in total. The smallest absolute Gasteiger partial charge is 0.274 e. The van der Waals surface area contributed by atoms with Crippen LogP contribution in [0.4, 0.5) is 5.69 Å². The monoisotopic (exact) mass is 392 g/mol. The Morgan fingerprint density at radius 2 is 2.00 bits per heavy atom. The lowest BCUT2D eigenvalue weighted by atomic mass is 9.93. The molecule has 1 aliphatic carbocycles. The fraction of sp³-hybridized carbons (Fsp3) is 0.389. The number of aliphatic hydroxyl groups is 1. The number of nitrogens with one attached hydrogen (secondary N) is 3. The van der Waals surface area contributed by atoms with Gasteiger partial charge in [0.15, 0.2) is 5.69 Å². The van der Waals surface area contributed by atoms with Crippen molar-refractivity contribution in [2.75, 3.05) is 12.4 Å². The summed E-state index contributed by atoms with van der Waals surface area (Å²) in [6.07, 6.45) is 3.85. The number of hydrogen-bond donors (Lipinski definition) is 4. The Morgan fingerprint density at radius 1 is 1.26 bits per heavy atom. The SMILES string of the molecule is COc1cccc(Cl)c1C(=O)Nc1c[nH]nc1C(=O)NC1CCC(O)CC1. The zero-order valence-corrected chi connectivity index (χ0v) is 15.5. The second-order valence-electron chi connectivity index (χ2n) is 6.40. The van der Waals surface area contributed by atoms with Crippen LogP contribution in [0.15, 0.2) is 24.4 Å². The molecule has 0 aliphatic heterocycles. The number of ether oxygens (including phenoxy) is 1. The topological polar surface area (TPSA) is 116 Å². The summed E-state index contributed by atoms with van der Waals surface area (Å²) in [4.78, 5) is 25.2. The van der Waals surface area contributed by atoms with Crippen LogP contribution in [0.1, 0.15) is 46.5 Å². The van der Waals surface area contributed by atoms with Gasteiger partial charge in [-0.05, 0) is 37.8 Å². The Bertz CT molecular complexity index is 831. The maximum Gasteiger partial charge on any atom is 0.274 e. The van der Waals surface area contributed by atoms with Crippen molar-refractivity contribution in [3.63, 3.8) is 0 Å². The summed E-state index contributed by atoms with van der Waals surface area (Å²) in [6.45, 7) is 0. The minimum atomic E-state index is -0.506. The van der Waals surface area contributed by atoms with E-state index in [1.54, 1.807) is 18.2 Å². The molecular weight excluding hydrogens is 372 g/mol. The average Bonchev–Trinajstić information content (AvgIpc) is 3.11. The van der Waals surface area contributed by atoms with Crippen molar-refractivity contribution in [2.24, 2.45) is 0 Å². The zero-order valence-electron chi connectivity index (χ0n) is 14.8. The van der Waals surface area contributed by atoms with Crippen molar-refractivity contribution in [3.8, 4) is 5.75 Å². The van der Waals surface area contributed by atoms with E-state index in [9.17, 15) is 14.7 Å². The van der Waals surface area contributed by atoms with Crippen molar-refractivity contribution in [3.05, 3.63) is 40.7 Å². The summed E-state index contributed by atoms with van der Waals surface area (Å²) in [6, 6.07) is 4.86. The molecule has 1 aromatic heterocycles. The molecule has 3 rings (SSSR count). The lowest BCUT2D eigenvalue weighted by molar-refractivity contribution is 0.0864. The lowest BCUT2D eigenvalue weighted by Gasteiger charge is -2.25. The van der Waals surface area contributed by atoms with Gasteiger partial charge in [-0.15, -0.1) is 0 Å². The van der Waals surface area contributed by atoms with Crippen LogP contribution < -0.4 is 15.4 Å². The van der Waals surface area contributed by atoms with Crippen LogP contribution >= 0.6 is 11.6 Å². The first-order valence-electron chi connectivity index (χ1n) is 8.66. The third-order valence-corrected chi connectivity index (χ3v) is 4.87. The van der Waals surface area contributed by atoms with Gasteiger partial charge in [0.2, 0.25) is 0 Å². The number of aromatic nitrogens is 2. The van der Waals surface area contributed by atoms with Crippen LogP contribution in [0, 0.1) is 0 Å². The summed E-state index contributed by atoms with van der Waals surface area (Å²) in [7, 11) is 1.44. The molecule has 8 nitrogen and oxygen atoms in total. The molecule has 1 heterocycles. The Balaban J connectivity index is 1.72. The molecule has 1 fully saturated rings. The summed E-state index contributed by atoms with van der Waals surface area (Å²) in [5.74, 6) is -0.567. The average molecular weight is 393 g/mol. The molecule has 0 bridgehead atoms. The molecule has 9 heteroatoms. The molecule has 1 saturated carbocycles. The number of H-pyrrole nitrogens is 1. The summed E-state index contributed by atoms with van der Waals surface area (Å²) in [5.41, 5.74) is 0.506. The minimum Gasteiger partial charge on any atom is -0.496 e. The highest BCUT2D eigenvalue weighted by atomic mass is 35.5. The maximum absolute atomic E-state index is 12.6. The van der Waals surface area contributed by atoms with Crippen molar-refractivity contribution < 1.29 is 19.4 Å². The number of carbonyl (C=O) groups excluding carboxylic acids is 2. The standard InChI is InChI=1S/C18H21ClN4O4/c1-27-14-4-2-3-12(19)15(14)17(25)22-13-9-20-23-16(13)18(26)21-10-5-7-11(24)8-6-10/h2-4,9-11,24H,5-8H2,1H3,(H,20,23)(H,21,26)(H,22,25). The zero-order chi connectivity index (χ0) is 19.4. The summed E-state index contributed by atoms with van der Waals surface area (Å²) in [5, 5.41) is 21.9. The van der Waals surface area contributed by atoms with Gasteiger partial charge in [-0.1, -0.05) is 17.7 Å². The number of amides is 2. The number of aromatic amines is 1. The van der Waals surface area contributed by atoms with Crippen LogP contribution in [-0.4, -0.2) is 46.4 Å². The fourth-order valence-corrected chi connectivity index (χ4v) is 3.36. The van der Waals surface area contributed by atoms with Crippen molar-refractivity contribution in [1.82, 2.24) is 15.5 Å². The predicted molar refractivity (Wildman–Crippen MR) is 100 cm³/mol. The molecule has 0 radical (unpaired) electrons. The number of benzene rings is 1. The Kier molecular flexibility index (Phi) is 5.98. The predicted octanol–water partition coefficient (Wildman–Crippen LogP) is 2.36. The highest BCUT2D eigenvalue weighted by molar-refractivity contribution is 6.35. The largest absolute Gasteiger partial charge is 0.496 e. The number of aliphatic hydroxyl groups excluding tert-OH is 1. The van der Waals surface area contributed by atoms with Gasteiger partial charge in [-0.25, -0.2) is 0 Å². The molecule has 2 amide bonds. The van der Waals surface area contributed by atoms with Gasteiger partial charge in [0, 0.05) is 12.2 Å². The first-order valence-corrected chi connectivity index (χ1v) is 9.04. The quantitative estimate of drug-likeness (QED) is 0.623. The molecular formula is C18H21ClN4O4. The first-order chi connectivity index (χ1) is 13.0. The lowest BCUT2D eigenvalue weighted by Crippen LogP contribution is -2.39. The minimum absolute atomic E-state index is 0.0233. The molecule has 1 aromatic carbocycles. The fourth-order valence-electron chi connectivity index (χ4n) is 3.11. The van der Waals surface area contributed by atoms with E-state index in [0.29, 0.717) is 31.4 Å². The van der Waals surface area contributed by atoms with E-state index in [4.69, 9.17) is 16.3 Å². The Morgan fingerprint density at radius 3 is 2.70 bits per heavy atom. The Labute approximate surface area is 161 Å². The number of anilines is 1. The first kappa shape index (κ1) is 19.2. The second-order valence-corrected chi connectivity index (χ2v) is 6.80. The molecule has 2 aromatic rings. The van der Waals surface area contributed by atoms with E-state index in [-0.39, 0.29) is 40.0 Å². The summed E-state index contributed by atoms with van der Waals surface area (Å²) < 4.78 is 5.18. The van der Waals surface area contributed by atoms with E-state index in [0.717, 1.165) is 0 Å². The normalized spacial score (nSPS) is 19.4. The van der Waals surface area contributed by atoms with E-state index >= 15 is 0 Å². The van der Waals surface area contributed by atoms with Gasteiger partial charge >= 0.3 is 0 Å². The highest BCUT2D eigenvalue weighted by Gasteiger charge is 2.25. The number of hydrogen-bond acceptors (Lipinski definition) is 5. The molecule has 0 saturated heterocycles. The number of methoxy groups -OCH3 is 1. The molecule has 1 aliphatic rings. The number of carbonyl (C=O) groups is 2. The highest BCUT2D eigenvalue weighted by Crippen LogP contribution is 2.27. The molecule has 0 atom stereocenters. The van der Waals surface area contributed by atoms with Crippen molar-refractivity contribution >= 4 is 29.1 Å². The van der Waals surface area contributed by atoms with Crippen LogP contribution in [0.3, 0.4) is 0 Å². The van der Waals surface area contributed by atoms with E-state index in [1.165, 1.54) is 13.3 Å². The number of rotatable bonds is 5. The molecule has 0 unspecified atom stereocenters. The van der Waals surface area contributed by atoms with Gasteiger partial charge < -0.3 is 20.5 Å². The molecule has 0 spiro atoms. The van der Waals surface area contributed by atoms with Gasteiger partial charge in [0.25, 0.3) is 11.8 Å². The maximum atomic E-state index is 12.6. The van der Waals surface area contributed by atoms with Crippen LogP contribution in [-0.2, 0) is 0 Å². The van der Waals surface area contributed by atoms with Gasteiger partial charge in [0.1, 0.15) is 11.3 Å². The van der Waals surface area contributed by atoms with Crippen LogP contribution in [0.25, 0.3) is 0 Å². The van der Waals surface area contributed by atoms with Crippen LogP contribution in [0.5, 0.6) is 5.75 Å². The Hall–Kier alpha value is -2.58. The second kappa shape index (κ2) is 8.41. The number of nitrogens with zero attached hydrogens (tertiary/aromatic N) is 1. The van der Waals surface area contributed by atoms with E-state index in [2.05, 4.69) is 20.8 Å². The van der Waals surface area contributed by atoms with E-state index in [1.807, 2.05) is 0 Å². The summed E-state index contributed by atoms with van der Waals surface area (Å²) >= 11 is 6.12. The van der Waals surface area contributed by atoms with Gasteiger partial charge in [-0.3, -0.25) is 14.7 Å². The van der Waals surface area contributed by atoms with Crippen molar-refractivity contribution in [2.45, 2.75) is 37.8 Å². The van der Waals surface area contributed by atoms with Gasteiger partial charge in [0.05, 0.1) is 23.9 Å². The van der Waals surface area contributed by atoms with Gasteiger partial charge in [-0.2, -0.15) is 5.10 Å². The van der Waals surface area contributed by atoms with E-state index < -0.39 is 5.91 Å². The van der Waals surface area contributed by atoms with Crippen molar-refractivity contribution in [1.29, 1.82) is 0 Å². The molecule has 27 heavy (non-hydrogen) atoms. The molecule has 144 valence electrons. The van der Waals surface area contributed by atoms with Crippen LogP contribution in [0.2, 0.25) is 5.02 Å². The number of halogens is 1. The third kappa shape index (κ3) is 4.40.